The zero-order valence-corrected chi connectivity index (χ0v) is 32.0. The number of rotatable bonds is 10. The first-order valence-corrected chi connectivity index (χ1v) is 18.4. The van der Waals surface area contributed by atoms with Gasteiger partial charge in [-0.15, -0.1) is 11.8 Å². The molecule has 3 heterocycles. The van der Waals surface area contributed by atoms with E-state index in [0.29, 0.717) is 25.3 Å². The van der Waals surface area contributed by atoms with Crippen molar-refractivity contribution in [3.8, 4) is 17.0 Å². The summed E-state index contributed by atoms with van der Waals surface area (Å²) >= 11 is 1.81. The molecular weight excluding hydrogens is 672 g/mol. The number of alkyl carbamates (subject to hydrolysis) is 1. The number of thioether (sulfide) groups is 1. The molecule has 0 unspecified atom stereocenters. The normalized spacial score (nSPS) is 12.3. The van der Waals surface area contributed by atoms with Crippen LogP contribution in [0.4, 0.5) is 9.18 Å². The average molecular weight is 719 g/mol. The number of fused-ring (bicyclic) bond motifs is 2. The topological polar surface area (TPSA) is 78.3 Å². The number of para-hydroxylation sites is 1. The van der Waals surface area contributed by atoms with Crippen LogP contribution in [0.15, 0.2) is 102 Å². The lowest BCUT2D eigenvalue weighted by Crippen LogP contribution is -2.47. The predicted molar refractivity (Wildman–Crippen MR) is 210 cm³/mol. The minimum atomic E-state index is -0.638. The van der Waals surface area contributed by atoms with E-state index in [9.17, 15) is 9.18 Å². The summed E-state index contributed by atoms with van der Waals surface area (Å²) < 4.78 is 27.8. The number of aromatic nitrogens is 3. The molecule has 3 aromatic heterocycles. The van der Waals surface area contributed by atoms with Gasteiger partial charge in [-0.05, 0) is 82.6 Å². The molecule has 9 heteroatoms. The van der Waals surface area contributed by atoms with Crippen LogP contribution in [-0.4, -0.2) is 36.5 Å². The van der Waals surface area contributed by atoms with Crippen LogP contribution in [0.1, 0.15) is 72.3 Å². The van der Waals surface area contributed by atoms with E-state index >= 15 is 0 Å². The maximum atomic E-state index is 13.5. The fraction of sp³-hybridized carbons (Fsp3) is 0.326. The fourth-order valence-corrected chi connectivity index (χ4v) is 7.31. The van der Waals surface area contributed by atoms with Crippen LogP contribution in [0, 0.1) is 5.82 Å². The Labute approximate surface area is 310 Å². The van der Waals surface area contributed by atoms with E-state index in [1.54, 1.807) is 6.07 Å². The third kappa shape index (κ3) is 9.31. The number of halogens is 1. The van der Waals surface area contributed by atoms with Crippen molar-refractivity contribution in [1.82, 2.24) is 19.9 Å². The summed E-state index contributed by atoms with van der Waals surface area (Å²) in [4.78, 5) is 23.2. The van der Waals surface area contributed by atoms with Gasteiger partial charge in [0.2, 0.25) is 0 Å². The summed E-state index contributed by atoms with van der Waals surface area (Å²) in [6, 6.07) is 29.7. The number of nitrogens with one attached hydrogen (secondary N) is 1. The second kappa shape index (κ2) is 14.6. The number of pyridine rings is 2. The average Bonchev–Trinajstić information content (AvgIpc) is 3.32. The summed E-state index contributed by atoms with van der Waals surface area (Å²) in [7, 11) is 0. The van der Waals surface area contributed by atoms with Crippen molar-refractivity contribution in [2.24, 2.45) is 0 Å². The third-order valence-corrected chi connectivity index (χ3v) is 9.58. The van der Waals surface area contributed by atoms with Crippen LogP contribution >= 0.6 is 11.8 Å². The van der Waals surface area contributed by atoms with Gasteiger partial charge < -0.3 is 19.4 Å². The SMILES string of the molecule is CC(C)(Cc1c(SC(C)(C)C)c2cc(OCc3ccc4ccccc4n3)ccc2n1Cc1ccc(-c2ccc(F)cn2)cc1)NC(=O)OC(C)(C)C. The highest BCUT2D eigenvalue weighted by Gasteiger charge is 2.31. The molecule has 3 aromatic carbocycles. The van der Waals surface area contributed by atoms with Gasteiger partial charge in [-0.3, -0.25) is 4.98 Å². The molecule has 0 radical (unpaired) electrons. The van der Waals surface area contributed by atoms with E-state index in [2.05, 4.69) is 72.0 Å². The Morgan fingerprint density at radius 3 is 2.33 bits per heavy atom. The smallest absolute Gasteiger partial charge is 0.408 e. The lowest BCUT2D eigenvalue weighted by molar-refractivity contribution is 0.0471. The molecule has 1 amide bonds. The summed E-state index contributed by atoms with van der Waals surface area (Å²) in [6.45, 7) is 17.2. The van der Waals surface area contributed by atoms with Crippen molar-refractivity contribution in [2.45, 2.75) is 95.7 Å². The number of hydrogen-bond acceptors (Lipinski definition) is 6. The largest absolute Gasteiger partial charge is 0.487 e. The number of nitrogens with zero attached hydrogens (tertiary/aromatic N) is 3. The molecule has 0 saturated heterocycles. The van der Waals surface area contributed by atoms with Crippen molar-refractivity contribution in [3.05, 3.63) is 120 Å². The molecule has 0 aliphatic rings. The third-order valence-electron chi connectivity index (χ3n) is 8.31. The van der Waals surface area contributed by atoms with Crippen LogP contribution < -0.4 is 10.1 Å². The Hall–Kier alpha value is -4.89. The van der Waals surface area contributed by atoms with Crippen molar-refractivity contribution in [3.63, 3.8) is 0 Å². The number of benzene rings is 3. The van der Waals surface area contributed by atoms with E-state index in [4.69, 9.17) is 14.5 Å². The zero-order chi connectivity index (χ0) is 37.3. The number of hydrogen-bond donors (Lipinski definition) is 1. The Morgan fingerprint density at radius 2 is 1.63 bits per heavy atom. The van der Waals surface area contributed by atoms with Crippen molar-refractivity contribution >= 4 is 39.7 Å². The van der Waals surface area contributed by atoms with Crippen molar-refractivity contribution in [1.29, 1.82) is 0 Å². The second-order valence-corrected chi connectivity index (χ2v) is 17.6. The minimum absolute atomic E-state index is 0.105. The quantitative estimate of drug-likeness (QED) is 0.142. The number of carbonyl (C=O) groups is 1. The lowest BCUT2D eigenvalue weighted by Gasteiger charge is -2.30. The molecule has 0 bridgehead atoms. The van der Waals surface area contributed by atoms with Gasteiger partial charge in [0.25, 0.3) is 0 Å². The molecule has 7 nitrogen and oxygen atoms in total. The van der Waals surface area contributed by atoms with E-state index in [1.165, 1.54) is 12.3 Å². The molecule has 0 atom stereocenters. The van der Waals surface area contributed by atoms with Gasteiger partial charge in [0, 0.05) is 55.7 Å². The van der Waals surface area contributed by atoms with Crippen LogP contribution in [0.2, 0.25) is 0 Å². The van der Waals surface area contributed by atoms with E-state index in [1.807, 2.05) is 88.8 Å². The minimum Gasteiger partial charge on any atom is -0.487 e. The van der Waals surface area contributed by atoms with Gasteiger partial charge in [0.05, 0.1) is 23.1 Å². The molecule has 0 aliphatic heterocycles. The molecule has 1 N–H and O–H groups in total. The summed E-state index contributed by atoms with van der Waals surface area (Å²) in [5.74, 6) is 0.392. The summed E-state index contributed by atoms with van der Waals surface area (Å²) in [5, 5.41) is 5.31. The number of carbonyl (C=O) groups excluding carboxylic acids is 1. The van der Waals surface area contributed by atoms with Crippen LogP contribution in [-0.2, 0) is 24.3 Å². The zero-order valence-electron chi connectivity index (χ0n) is 31.2. The monoisotopic (exact) mass is 718 g/mol. The molecular formula is C43H47FN4O3S. The Morgan fingerprint density at radius 1 is 0.885 bits per heavy atom. The molecule has 0 aliphatic carbocycles. The predicted octanol–water partition coefficient (Wildman–Crippen LogP) is 10.8. The Bertz CT molecular complexity index is 2200. The first kappa shape index (κ1) is 36.9. The van der Waals surface area contributed by atoms with E-state index < -0.39 is 17.2 Å². The molecule has 6 rings (SSSR count). The highest BCUT2D eigenvalue weighted by molar-refractivity contribution is 8.00. The molecule has 0 spiro atoms. The van der Waals surface area contributed by atoms with Gasteiger partial charge in [0.15, 0.2) is 0 Å². The van der Waals surface area contributed by atoms with Crippen LogP contribution in [0.25, 0.3) is 33.1 Å². The fourth-order valence-electron chi connectivity index (χ4n) is 6.12. The Balaban J connectivity index is 1.39. The van der Waals surface area contributed by atoms with Crippen LogP contribution in [0.5, 0.6) is 5.75 Å². The van der Waals surface area contributed by atoms with Gasteiger partial charge in [-0.2, -0.15) is 0 Å². The van der Waals surface area contributed by atoms with Crippen molar-refractivity contribution < 1.29 is 18.7 Å². The lowest BCUT2D eigenvalue weighted by atomic mass is 9.98. The maximum absolute atomic E-state index is 13.5. The summed E-state index contributed by atoms with van der Waals surface area (Å²) in [6.07, 6.45) is 1.33. The molecule has 0 saturated carbocycles. The van der Waals surface area contributed by atoms with Crippen molar-refractivity contribution in [2.75, 3.05) is 0 Å². The maximum Gasteiger partial charge on any atom is 0.408 e. The number of ether oxygens (including phenoxy) is 2. The van der Waals surface area contributed by atoms with Gasteiger partial charge in [-0.1, -0.05) is 69.3 Å². The summed E-state index contributed by atoms with van der Waals surface area (Å²) in [5.41, 5.74) is 5.43. The highest BCUT2D eigenvalue weighted by Crippen LogP contribution is 2.43. The number of amides is 1. The van der Waals surface area contributed by atoms with Gasteiger partial charge >= 0.3 is 6.09 Å². The molecule has 6 aromatic rings. The molecule has 270 valence electrons. The Kier molecular flexibility index (Phi) is 10.4. The van der Waals surface area contributed by atoms with Crippen LogP contribution in [0.3, 0.4) is 0 Å². The van der Waals surface area contributed by atoms with E-state index in [-0.39, 0.29) is 10.6 Å². The molecule has 0 fully saturated rings. The first-order chi connectivity index (χ1) is 24.5. The van der Waals surface area contributed by atoms with Gasteiger partial charge in [-0.25, -0.2) is 14.2 Å². The second-order valence-electron chi connectivity index (χ2n) is 15.8. The highest BCUT2D eigenvalue weighted by atomic mass is 32.2. The standard InChI is InChI=1S/C43H47FN4O3S/c1-41(2,3)51-40(49)47-43(7,8)24-38-39(52-42(4,5)6)34-23-33(50-27-32-19-17-29-11-9-10-12-36(29)46-32)20-22-37(34)48(38)26-28-13-15-30(16-14-28)35-21-18-31(44)25-45-35/h9-23,25H,24,26-27H2,1-8H3,(H,47,49). The van der Waals surface area contributed by atoms with E-state index in [0.717, 1.165) is 55.0 Å². The van der Waals surface area contributed by atoms with Gasteiger partial charge in [0.1, 0.15) is 23.8 Å². The first-order valence-electron chi connectivity index (χ1n) is 17.6. The molecule has 52 heavy (non-hydrogen) atoms.